The second kappa shape index (κ2) is 7.25. The topological polar surface area (TPSA) is 94.0 Å². The van der Waals surface area contributed by atoms with Crippen LogP contribution in [-0.2, 0) is 38.3 Å². The van der Waals surface area contributed by atoms with Crippen LogP contribution in [0.25, 0.3) is 0 Å². The third-order valence-electron chi connectivity index (χ3n) is 2.93. The lowest BCUT2D eigenvalue weighted by molar-refractivity contribution is -0.277. The molecule has 1 heterocycles. The number of dihydropyridines is 1. The molecule has 2 atom stereocenters. The molecule has 120 valence electrons. The first-order valence-electron chi connectivity index (χ1n) is 5.85. The van der Waals surface area contributed by atoms with Gasteiger partial charge in [0.2, 0.25) is 5.76 Å². The smallest absolute Gasteiger partial charge is 0.386 e. The number of nitrogens with zero attached hydrogens (tertiary/aromatic N) is 1. The van der Waals surface area contributed by atoms with Crippen LogP contribution in [0.1, 0.15) is 0 Å². The van der Waals surface area contributed by atoms with Crippen molar-refractivity contribution in [2.75, 3.05) is 42.7 Å². The number of aliphatic imine (C=N–C) groups is 1. The standard InChI is InChI=1S/C12H19NO8/c1-15-7-8(16-2)12(19-5,11(14)21-20-6)10(18-4)13-9(7)17-3/h10H,1-6H3. The van der Waals surface area contributed by atoms with Crippen LogP contribution >= 0.6 is 0 Å². The quantitative estimate of drug-likeness (QED) is 0.500. The molecule has 0 radical (unpaired) electrons. The Morgan fingerprint density at radius 2 is 1.71 bits per heavy atom. The minimum Gasteiger partial charge on any atom is -0.493 e. The summed E-state index contributed by atoms with van der Waals surface area (Å²) >= 11 is 0. The number of carbonyl (C=O) groups is 1. The van der Waals surface area contributed by atoms with Crippen molar-refractivity contribution in [3.63, 3.8) is 0 Å². The van der Waals surface area contributed by atoms with Gasteiger partial charge in [0.05, 0.1) is 28.4 Å². The normalized spacial score (nSPS) is 25.2. The lowest BCUT2D eigenvalue weighted by atomic mass is 9.95. The zero-order valence-corrected chi connectivity index (χ0v) is 12.8. The molecule has 21 heavy (non-hydrogen) atoms. The minimum atomic E-state index is -1.83. The molecule has 0 spiro atoms. The van der Waals surface area contributed by atoms with Crippen molar-refractivity contribution >= 4 is 11.9 Å². The fourth-order valence-electron chi connectivity index (χ4n) is 2.03. The van der Waals surface area contributed by atoms with E-state index in [2.05, 4.69) is 14.8 Å². The van der Waals surface area contributed by atoms with Crippen LogP contribution in [0.5, 0.6) is 0 Å². The Bertz CT molecular complexity index is 447. The van der Waals surface area contributed by atoms with Gasteiger partial charge in [-0.05, 0) is 0 Å². The fraction of sp³-hybridized carbons (Fsp3) is 0.667. The molecule has 9 nitrogen and oxygen atoms in total. The van der Waals surface area contributed by atoms with Crippen LogP contribution in [0.3, 0.4) is 0 Å². The van der Waals surface area contributed by atoms with Gasteiger partial charge >= 0.3 is 5.97 Å². The zero-order valence-electron chi connectivity index (χ0n) is 12.8. The third kappa shape index (κ3) is 2.67. The summed E-state index contributed by atoms with van der Waals surface area (Å²) in [5.74, 6) is -0.736. The SMILES string of the molecule is COOC(=O)C1(OC)C(OC)=C(OC)C(OC)=NC1OC. The highest BCUT2D eigenvalue weighted by molar-refractivity contribution is 5.97. The Morgan fingerprint density at radius 3 is 2.10 bits per heavy atom. The Labute approximate surface area is 122 Å². The van der Waals surface area contributed by atoms with Crippen LogP contribution in [0, 0.1) is 0 Å². The Hall–Kier alpha value is -1.84. The average molecular weight is 305 g/mol. The molecule has 2 unspecified atom stereocenters. The number of ether oxygens (including phenoxy) is 5. The van der Waals surface area contributed by atoms with E-state index >= 15 is 0 Å². The lowest BCUT2D eigenvalue weighted by Gasteiger charge is -2.37. The molecular formula is C12H19NO8. The number of hydrogen-bond donors (Lipinski definition) is 0. The van der Waals surface area contributed by atoms with E-state index in [0.29, 0.717) is 0 Å². The highest BCUT2D eigenvalue weighted by atomic mass is 17.2. The molecule has 0 amide bonds. The van der Waals surface area contributed by atoms with Gasteiger partial charge < -0.3 is 23.7 Å². The van der Waals surface area contributed by atoms with Crippen molar-refractivity contribution in [3.05, 3.63) is 11.5 Å². The Morgan fingerprint density at radius 1 is 1.05 bits per heavy atom. The van der Waals surface area contributed by atoms with Gasteiger partial charge in [-0.2, -0.15) is 4.89 Å². The molecule has 0 fully saturated rings. The van der Waals surface area contributed by atoms with E-state index in [9.17, 15) is 4.79 Å². The monoisotopic (exact) mass is 305 g/mol. The van der Waals surface area contributed by atoms with Gasteiger partial charge in [0, 0.05) is 14.2 Å². The first-order chi connectivity index (χ1) is 10.1. The van der Waals surface area contributed by atoms with Gasteiger partial charge in [0.1, 0.15) is 0 Å². The number of methoxy groups -OCH3 is 5. The molecule has 0 saturated carbocycles. The maximum atomic E-state index is 12.3. The van der Waals surface area contributed by atoms with E-state index in [1.54, 1.807) is 0 Å². The molecule has 1 aliphatic heterocycles. The number of rotatable bonds is 6. The number of carbonyl (C=O) groups excluding carboxylic acids is 1. The largest absolute Gasteiger partial charge is 0.493 e. The first kappa shape index (κ1) is 17.2. The van der Waals surface area contributed by atoms with Gasteiger partial charge in [-0.1, -0.05) is 0 Å². The summed E-state index contributed by atoms with van der Waals surface area (Å²) < 4.78 is 26.1. The van der Waals surface area contributed by atoms with E-state index < -0.39 is 17.8 Å². The summed E-state index contributed by atoms with van der Waals surface area (Å²) in [4.78, 5) is 25.4. The fourth-order valence-corrected chi connectivity index (χ4v) is 2.03. The average Bonchev–Trinajstić information content (AvgIpc) is 2.52. The van der Waals surface area contributed by atoms with Crippen LogP contribution < -0.4 is 0 Å². The van der Waals surface area contributed by atoms with Gasteiger partial charge in [-0.15, -0.1) is 0 Å². The van der Waals surface area contributed by atoms with Crippen molar-refractivity contribution in [3.8, 4) is 0 Å². The predicted octanol–water partition coefficient (Wildman–Crippen LogP) is 0.0116. The van der Waals surface area contributed by atoms with E-state index in [4.69, 9.17) is 23.7 Å². The summed E-state index contributed by atoms with van der Waals surface area (Å²) in [6, 6.07) is 0. The molecule has 0 aromatic rings. The number of hydrogen-bond acceptors (Lipinski definition) is 9. The van der Waals surface area contributed by atoms with Gasteiger partial charge in [-0.25, -0.2) is 9.79 Å². The molecule has 9 heteroatoms. The van der Waals surface area contributed by atoms with Crippen molar-refractivity contribution in [1.82, 2.24) is 0 Å². The molecule has 0 aromatic carbocycles. The molecular weight excluding hydrogens is 286 g/mol. The minimum absolute atomic E-state index is 0.00625. The van der Waals surface area contributed by atoms with Crippen LogP contribution in [0.15, 0.2) is 16.5 Å². The summed E-state index contributed by atoms with van der Waals surface area (Å²) in [5, 5.41) is 0. The molecule has 1 aliphatic rings. The Kier molecular flexibility index (Phi) is 5.94. The van der Waals surface area contributed by atoms with E-state index in [0.717, 1.165) is 0 Å². The van der Waals surface area contributed by atoms with Gasteiger partial charge in [0.25, 0.3) is 11.5 Å². The van der Waals surface area contributed by atoms with Crippen molar-refractivity contribution in [2.45, 2.75) is 11.8 Å². The Balaban J connectivity index is 3.53. The zero-order chi connectivity index (χ0) is 16.0. The van der Waals surface area contributed by atoms with E-state index in [1.807, 2.05) is 0 Å². The molecule has 0 N–H and O–H groups in total. The van der Waals surface area contributed by atoms with Gasteiger partial charge in [0.15, 0.2) is 12.0 Å². The van der Waals surface area contributed by atoms with Crippen molar-refractivity contribution in [1.29, 1.82) is 0 Å². The molecule has 0 aromatic heterocycles. The van der Waals surface area contributed by atoms with Crippen LogP contribution in [-0.4, -0.2) is 66.4 Å². The summed E-state index contributed by atoms with van der Waals surface area (Å²) in [5.41, 5.74) is -1.83. The molecule has 0 saturated heterocycles. The summed E-state index contributed by atoms with van der Waals surface area (Å²) in [6.07, 6.45) is -1.12. The highest BCUT2D eigenvalue weighted by Gasteiger charge is 2.59. The lowest BCUT2D eigenvalue weighted by Crippen LogP contribution is -2.57. The summed E-state index contributed by atoms with van der Waals surface area (Å²) in [6.45, 7) is 0. The maximum absolute atomic E-state index is 12.3. The van der Waals surface area contributed by atoms with Gasteiger partial charge in [-0.3, -0.25) is 4.89 Å². The van der Waals surface area contributed by atoms with E-state index in [-0.39, 0.29) is 17.4 Å². The van der Waals surface area contributed by atoms with Crippen molar-refractivity contribution in [2.24, 2.45) is 4.99 Å². The van der Waals surface area contributed by atoms with E-state index in [1.165, 1.54) is 42.7 Å². The molecule has 1 rings (SSSR count). The predicted molar refractivity (Wildman–Crippen MR) is 69.1 cm³/mol. The molecule has 0 aliphatic carbocycles. The van der Waals surface area contributed by atoms with Crippen LogP contribution in [0.2, 0.25) is 0 Å². The van der Waals surface area contributed by atoms with Crippen molar-refractivity contribution < 1.29 is 38.3 Å². The third-order valence-corrected chi connectivity index (χ3v) is 2.93. The highest BCUT2D eigenvalue weighted by Crippen LogP contribution is 2.37. The summed E-state index contributed by atoms with van der Waals surface area (Å²) in [7, 11) is 7.92. The second-order valence-electron chi connectivity index (χ2n) is 3.77. The molecule has 0 bridgehead atoms. The van der Waals surface area contributed by atoms with Crippen LogP contribution in [0.4, 0.5) is 0 Å². The first-order valence-corrected chi connectivity index (χ1v) is 5.85. The second-order valence-corrected chi connectivity index (χ2v) is 3.77. The maximum Gasteiger partial charge on any atom is 0.386 e.